The molecule has 1 saturated heterocycles. The summed E-state index contributed by atoms with van der Waals surface area (Å²) in [7, 11) is 3.43. The largest absolute Gasteiger partial charge is 0.497 e. The van der Waals surface area contributed by atoms with Crippen LogP contribution in [0.15, 0.2) is 84.9 Å². The molecule has 5 heteroatoms. The first-order valence-corrected chi connectivity index (χ1v) is 12.9. The Morgan fingerprint density at radius 1 is 0.784 bits per heavy atom. The number of para-hydroxylation sites is 1. The first-order chi connectivity index (χ1) is 17.7. The number of hydrogen-bond acceptors (Lipinski definition) is 4. The van der Waals surface area contributed by atoms with Crippen molar-refractivity contribution in [2.45, 2.75) is 38.3 Å². The van der Waals surface area contributed by atoms with Gasteiger partial charge in [-0.2, -0.15) is 0 Å². The van der Waals surface area contributed by atoms with Crippen LogP contribution in [0.2, 0.25) is 0 Å². The third-order valence-electron chi connectivity index (χ3n) is 7.25. The van der Waals surface area contributed by atoms with Gasteiger partial charge >= 0.3 is 0 Å². The lowest BCUT2D eigenvalue weighted by atomic mass is 9.82. The monoisotopic (exact) mass is 517 g/mol. The number of piperidine rings is 1. The van der Waals surface area contributed by atoms with E-state index in [1.54, 1.807) is 14.2 Å². The molecule has 1 heterocycles. The molecular weight excluding hydrogens is 482 g/mol. The summed E-state index contributed by atoms with van der Waals surface area (Å²) in [6, 6.07) is 29.5. The molecule has 4 aromatic carbocycles. The van der Waals surface area contributed by atoms with Gasteiger partial charge in [0, 0.05) is 25.1 Å². The standard InChI is InChI=1S/C32H35NO3.ClH/c1-4-21-33-22-9-8-20-32(33,36-27-10-6-5-7-11-27)31-29(24-12-15-26(34-2)16-13-24)18-14-25-23-28(35-3)17-19-30(25)31;/h5-7,10-19,23H,4,8-9,20-22H2,1-3H3;1H. The van der Waals surface area contributed by atoms with Crippen molar-refractivity contribution in [2.75, 3.05) is 27.3 Å². The molecule has 4 aromatic rings. The molecule has 1 aliphatic rings. The lowest BCUT2D eigenvalue weighted by Gasteiger charge is -2.48. The first-order valence-electron chi connectivity index (χ1n) is 12.9. The maximum absolute atomic E-state index is 7.14. The van der Waals surface area contributed by atoms with Gasteiger partial charge in [0.05, 0.1) is 14.2 Å². The number of methoxy groups -OCH3 is 2. The van der Waals surface area contributed by atoms with Crippen molar-refractivity contribution < 1.29 is 14.2 Å². The van der Waals surface area contributed by atoms with E-state index in [1.807, 2.05) is 30.3 Å². The van der Waals surface area contributed by atoms with Gasteiger partial charge in [-0.3, -0.25) is 4.90 Å². The van der Waals surface area contributed by atoms with Crippen molar-refractivity contribution in [3.8, 4) is 28.4 Å². The van der Waals surface area contributed by atoms with Crippen LogP contribution >= 0.6 is 12.4 Å². The van der Waals surface area contributed by atoms with Crippen molar-refractivity contribution in [1.82, 2.24) is 4.90 Å². The molecule has 0 aromatic heterocycles. The number of rotatable bonds is 8. The molecule has 0 N–H and O–H groups in total. The van der Waals surface area contributed by atoms with Crippen LogP contribution in [0, 0.1) is 0 Å². The Labute approximate surface area is 226 Å². The van der Waals surface area contributed by atoms with E-state index in [2.05, 4.69) is 66.4 Å². The van der Waals surface area contributed by atoms with E-state index < -0.39 is 5.72 Å². The summed E-state index contributed by atoms with van der Waals surface area (Å²) in [6.07, 6.45) is 4.28. The van der Waals surface area contributed by atoms with E-state index in [0.29, 0.717) is 0 Å². The maximum Gasteiger partial charge on any atom is 0.190 e. The average molecular weight is 518 g/mol. The molecule has 5 rings (SSSR count). The minimum Gasteiger partial charge on any atom is -0.497 e. The Bertz CT molecular complexity index is 1310. The van der Waals surface area contributed by atoms with Crippen LogP contribution in [-0.2, 0) is 5.72 Å². The number of hydrogen-bond donors (Lipinski definition) is 0. The van der Waals surface area contributed by atoms with Crippen LogP contribution in [0.1, 0.15) is 38.2 Å². The lowest BCUT2D eigenvalue weighted by molar-refractivity contribution is -0.116. The van der Waals surface area contributed by atoms with Crippen molar-refractivity contribution in [3.63, 3.8) is 0 Å². The van der Waals surface area contributed by atoms with E-state index in [-0.39, 0.29) is 12.4 Å². The van der Waals surface area contributed by atoms with Gasteiger partial charge in [-0.05, 0) is 77.6 Å². The highest BCUT2D eigenvalue weighted by Crippen LogP contribution is 2.47. The number of benzene rings is 4. The van der Waals surface area contributed by atoms with E-state index in [1.165, 1.54) is 22.9 Å². The van der Waals surface area contributed by atoms with E-state index in [4.69, 9.17) is 14.2 Å². The van der Waals surface area contributed by atoms with Gasteiger partial charge in [0.15, 0.2) is 5.72 Å². The predicted molar refractivity (Wildman–Crippen MR) is 154 cm³/mol. The Hall–Kier alpha value is -3.21. The first kappa shape index (κ1) is 26.8. The summed E-state index contributed by atoms with van der Waals surface area (Å²) in [4.78, 5) is 2.57. The smallest absolute Gasteiger partial charge is 0.190 e. The third-order valence-corrected chi connectivity index (χ3v) is 7.25. The summed E-state index contributed by atoms with van der Waals surface area (Å²) >= 11 is 0. The molecular formula is C32H36ClNO3. The molecule has 0 spiro atoms. The number of likely N-dealkylation sites (tertiary alicyclic amines) is 1. The van der Waals surface area contributed by atoms with Gasteiger partial charge in [-0.15, -0.1) is 12.4 Å². The van der Waals surface area contributed by atoms with Crippen LogP contribution in [-0.4, -0.2) is 32.2 Å². The quantitative estimate of drug-likeness (QED) is 0.236. The molecule has 0 radical (unpaired) electrons. The minimum atomic E-state index is -0.584. The second kappa shape index (κ2) is 11.9. The van der Waals surface area contributed by atoms with Crippen molar-refractivity contribution in [1.29, 1.82) is 0 Å². The molecule has 4 nitrogen and oxygen atoms in total. The van der Waals surface area contributed by atoms with Crippen molar-refractivity contribution in [3.05, 3.63) is 90.5 Å². The molecule has 1 fully saturated rings. The van der Waals surface area contributed by atoms with Crippen LogP contribution in [0.3, 0.4) is 0 Å². The molecule has 1 atom stereocenters. The van der Waals surface area contributed by atoms with Crippen molar-refractivity contribution >= 4 is 23.2 Å². The highest BCUT2D eigenvalue weighted by atomic mass is 35.5. The second-order valence-electron chi connectivity index (χ2n) is 9.45. The minimum absolute atomic E-state index is 0. The summed E-state index contributed by atoms with van der Waals surface area (Å²) in [5, 5.41) is 2.35. The second-order valence-corrected chi connectivity index (χ2v) is 9.45. The number of fused-ring (bicyclic) bond motifs is 1. The molecule has 194 valence electrons. The Balaban J connectivity index is 0.00000320. The highest BCUT2D eigenvalue weighted by Gasteiger charge is 2.45. The molecule has 1 aliphatic heterocycles. The summed E-state index contributed by atoms with van der Waals surface area (Å²) in [5.74, 6) is 2.61. The molecule has 37 heavy (non-hydrogen) atoms. The van der Waals surface area contributed by atoms with E-state index >= 15 is 0 Å². The Morgan fingerprint density at radius 2 is 1.51 bits per heavy atom. The van der Waals surface area contributed by atoms with Crippen LogP contribution < -0.4 is 14.2 Å². The normalized spacial score (nSPS) is 17.7. The zero-order chi connectivity index (χ0) is 25.0. The molecule has 0 amide bonds. The fourth-order valence-electron chi connectivity index (χ4n) is 5.57. The van der Waals surface area contributed by atoms with E-state index in [0.717, 1.165) is 60.6 Å². The summed E-state index contributed by atoms with van der Waals surface area (Å²) < 4.78 is 18.2. The lowest BCUT2D eigenvalue weighted by Crippen LogP contribution is -2.54. The zero-order valence-electron chi connectivity index (χ0n) is 21.9. The fraction of sp³-hybridized carbons (Fsp3) is 0.312. The highest BCUT2D eigenvalue weighted by molar-refractivity contribution is 5.93. The zero-order valence-corrected chi connectivity index (χ0v) is 22.7. The number of halogens is 1. The van der Waals surface area contributed by atoms with Gasteiger partial charge in [0.2, 0.25) is 0 Å². The van der Waals surface area contributed by atoms with Gasteiger partial charge in [0.25, 0.3) is 0 Å². The fourth-order valence-corrected chi connectivity index (χ4v) is 5.57. The Kier molecular flexibility index (Phi) is 8.63. The van der Waals surface area contributed by atoms with Crippen molar-refractivity contribution in [2.24, 2.45) is 0 Å². The van der Waals surface area contributed by atoms with Gasteiger partial charge in [-0.1, -0.05) is 55.5 Å². The maximum atomic E-state index is 7.14. The SMILES string of the molecule is CCCN1CCCCC1(Oc1ccccc1)c1c(-c2ccc(OC)cc2)ccc2cc(OC)ccc12.Cl. The Morgan fingerprint density at radius 3 is 2.22 bits per heavy atom. The predicted octanol–water partition coefficient (Wildman–Crippen LogP) is 8.07. The van der Waals surface area contributed by atoms with Gasteiger partial charge < -0.3 is 14.2 Å². The summed E-state index contributed by atoms with van der Waals surface area (Å²) in [6.45, 7) is 4.23. The van der Waals surface area contributed by atoms with Crippen LogP contribution in [0.4, 0.5) is 0 Å². The average Bonchev–Trinajstić information content (AvgIpc) is 2.94. The number of ether oxygens (including phenoxy) is 3. The number of nitrogens with zero attached hydrogens (tertiary/aromatic N) is 1. The van der Waals surface area contributed by atoms with Crippen LogP contribution in [0.25, 0.3) is 21.9 Å². The van der Waals surface area contributed by atoms with Gasteiger partial charge in [0.1, 0.15) is 17.2 Å². The molecule has 1 unspecified atom stereocenters. The summed E-state index contributed by atoms with van der Waals surface area (Å²) in [5.41, 5.74) is 2.99. The third kappa shape index (κ3) is 5.27. The molecule has 0 saturated carbocycles. The van der Waals surface area contributed by atoms with Gasteiger partial charge in [-0.25, -0.2) is 0 Å². The molecule has 0 bridgehead atoms. The topological polar surface area (TPSA) is 30.9 Å². The van der Waals surface area contributed by atoms with E-state index in [9.17, 15) is 0 Å². The van der Waals surface area contributed by atoms with Crippen LogP contribution in [0.5, 0.6) is 17.2 Å². The molecule has 0 aliphatic carbocycles.